The quantitative estimate of drug-likeness (QED) is 0.128. The van der Waals surface area contributed by atoms with Crippen molar-refractivity contribution in [2.75, 3.05) is 6.61 Å². The highest BCUT2D eigenvalue weighted by Gasteiger charge is 2.64. The van der Waals surface area contributed by atoms with Gasteiger partial charge in [-0.15, -0.1) is 0 Å². The maximum atomic E-state index is 13.9. The van der Waals surface area contributed by atoms with Crippen LogP contribution in [-0.2, 0) is 64.4 Å². The van der Waals surface area contributed by atoms with Crippen molar-refractivity contribution in [3.63, 3.8) is 0 Å². The number of hydrogen-bond donors (Lipinski definition) is 1. The highest BCUT2D eigenvalue weighted by Crippen LogP contribution is 2.46. The molecular formula is C44H53NO8. The fraction of sp³-hybridized carbons (Fsp3) is 0.432. The zero-order valence-corrected chi connectivity index (χ0v) is 31.4. The minimum atomic E-state index is -1.57. The van der Waals surface area contributed by atoms with Gasteiger partial charge >= 0.3 is 5.97 Å². The molecule has 8 atom stereocenters. The molecule has 0 saturated carbocycles. The molecule has 9 heteroatoms. The van der Waals surface area contributed by atoms with Gasteiger partial charge in [0.25, 0.3) is 0 Å². The average Bonchev–Trinajstić information content (AvgIpc) is 3.42. The van der Waals surface area contributed by atoms with Crippen LogP contribution in [0.3, 0.4) is 0 Å². The lowest BCUT2D eigenvalue weighted by Crippen LogP contribution is -2.69. The van der Waals surface area contributed by atoms with Crippen molar-refractivity contribution < 1.29 is 38.0 Å². The van der Waals surface area contributed by atoms with Crippen LogP contribution in [0.25, 0.3) is 0 Å². The van der Waals surface area contributed by atoms with E-state index in [0.29, 0.717) is 13.2 Å². The van der Waals surface area contributed by atoms with Crippen LogP contribution in [0.4, 0.5) is 0 Å². The zero-order valence-electron chi connectivity index (χ0n) is 31.4. The summed E-state index contributed by atoms with van der Waals surface area (Å²) < 4.78 is 46.3. The number of cyclic esters (lactones) is 1. The number of carbonyl (C=O) groups is 1. The summed E-state index contributed by atoms with van der Waals surface area (Å²) in [5.41, 5.74) is 9.04. The van der Waals surface area contributed by atoms with E-state index >= 15 is 0 Å². The number of rotatable bonds is 15. The van der Waals surface area contributed by atoms with Crippen LogP contribution >= 0.6 is 0 Å². The maximum Gasteiger partial charge on any atom is 0.342 e. The predicted molar refractivity (Wildman–Crippen MR) is 201 cm³/mol. The number of esters is 1. The third kappa shape index (κ3) is 9.24. The second kappa shape index (κ2) is 17.0. The fourth-order valence-electron chi connectivity index (χ4n) is 6.68. The maximum absolute atomic E-state index is 13.9. The molecule has 0 unspecified atom stereocenters. The summed E-state index contributed by atoms with van der Waals surface area (Å²) in [6, 6.07) is 38.7. The molecule has 0 spiro atoms. The molecule has 9 nitrogen and oxygen atoms in total. The van der Waals surface area contributed by atoms with Crippen LogP contribution in [0.5, 0.6) is 0 Å². The van der Waals surface area contributed by atoms with Crippen molar-refractivity contribution in [3.8, 4) is 0 Å². The Kier molecular flexibility index (Phi) is 12.5. The molecule has 2 aliphatic rings. The lowest BCUT2D eigenvalue weighted by atomic mass is 9.83. The Bertz CT molecular complexity index is 1720. The molecule has 2 N–H and O–H groups in total. The Balaban J connectivity index is 1.38. The largest absolute Gasteiger partial charge is 0.431 e. The molecule has 6 rings (SSSR count). The van der Waals surface area contributed by atoms with Crippen LogP contribution in [0, 0.1) is 5.41 Å². The molecular weight excluding hydrogens is 670 g/mol. The van der Waals surface area contributed by atoms with E-state index in [9.17, 15) is 4.79 Å². The molecule has 2 aliphatic heterocycles. The van der Waals surface area contributed by atoms with Crippen molar-refractivity contribution in [1.82, 2.24) is 0 Å². The first kappa shape index (κ1) is 38.8. The summed E-state index contributed by atoms with van der Waals surface area (Å²) in [6.45, 7) is 10.7. The van der Waals surface area contributed by atoms with Gasteiger partial charge in [0.2, 0.25) is 5.79 Å². The lowest BCUT2D eigenvalue weighted by molar-refractivity contribution is -0.288. The summed E-state index contributed by atoms with van der Waals surface area (Å²) in [7, 11) is 0. The number of benzene rings is 4. The Labute approximate surface area is 313 Å². The van der Waals surface area contributed by atoms with Crippen molar-refractivity contribution in [3.05, 3.63) is 144 Å². The van der Waals surface area contributed by atoms with Gasteiger partial charge < -0.3 is 38.9 Å². The van der Waals surface area contributed by atoms with Gasteiger partial charge in [-0.3, -0.25) is 0 Å². The van der Waals surface area contributed by atoms with E-state index in [1.165, 1.54) is 0 Å². The number of hydrogen-bond acceptors (Lipinski definition) is 9. The normalized spacial score (nSPS) is 28.0. The second-order valence-corrected chi connectivity index (χ2v) is 15.2. The van der Waals surface area contributed by atoms with E-state index < -0.39 is 59.3 Å². The van der Waals surface area contributed by atoms with E-state index in [0.717, 1.165) is 22.3 Å². The van der Waals surface area contributed by atoms with E-state index in [-0.39, 0.29) is 19.8 Å². The van der Waals surface area contributed by atoms with Crippen molar-refractivity contribution in [2.45, 2.75) is 109 Å². The molecule has 4 aromatic rings. The van der Waals surface area contributed by atoms with Crippen molar-refractivity contribution in [1.29, 1.82) is 0 Å². The molecule has 2 heterocycles. The lowest BCUT2D eigenvalue weighted by Gasteiger charge is -2.49. The van der Waals surface area contributed by atoms with Gasteiger partial charge in [-0.25, -0.2) is 4.79 Å². The van der Waals surface area contributed by atoms with E-state index in [4.69, 9.17) is 38.9 Å². The minimum Gasteiger partial charge on any atom is -0.431 e. The third-order valence-electron chi connectivity index (χ3n) is 10.4. The van der Waals surface area contributed by atoms with Crippen LogP contribution in [0.15, 0.2) is 121 Å². The fourth-order valence-corrected chi connectivity index (χ4v) is 6.68. The number of ether oxygens (including phenoxy) is 7. The van der Waals surface area contributed by atoms with Crippen LogP contribution in [0.1, 0.15) is 56.9 Å². The monoisotopic (exact) mass is 723 g/mol. The van der Waals surface area contributed by atoms with Crippen molar-refractivity contribution >= 4 is 5.97 Å². The predicted octanol–water partition coefficient (Wildman–Crippen LogP) is 7.15. The summed E-state index contributed by atoms with van der Waals surface area (Å²) in [5, 5.41) is 0. The molecule has 4 aromatic carbocycles. The van der Waals surface area contributed by atoms with Crippen molar-refractivity contribution in [2.24, 2.45) is 11.1 Å². The molecule has 0 aromatic heterocycles. The van der Waals surface area contributed by atoms with E-state index in [2.05, 4.69) is 0 Å². The Morgan fingerprint density at radius 2 is 1.06 bits per heavy atom. The van der Waals surface area contributed by atoms with E-state index in [1.54, 1.807) is 13.8 Å². The first-order valence-corrected chi connectivity index (χ1v) is 18.4. The van der Waals surface area contributed by atoms with Gasteiger partial charge in [0.1, 0.15) is 30.5 Å². The van der Waals surface area contributed by atoms with E-state index in [1.807, 2.05) is 142 Å². The summed E-state index contributed by atoms with van der Waals surface area (Å²) >= 11 is 0. The highest BCUT2D eigenvalue weighted by atomic mass is 16.8. The second-order valence-electron chi connectivity index (χ2n) is 15.2. The van der Waals surface area contributed by atoms with Gasteiger partial charge in [0, 0.05) is 12.3 Å². The highest BCUT2D eigenvalue weighted by molar-refractivity contribution is 5.82. The molecule has 282 valence electrons. The topological polar surface area (TPSA) is 108 Å². The molecule has 53 heavy (non-hydrogen) atoms. The summed E-state index contributed by atoms with van der Waals surface area (Å²) in [4.78, 5) is 13.9. The molecule has 2 saturated heterocycles. The van der Waals surface area contributed by atoms with Crippen LogP contribution < -0.4 is 5.73 Å². The Morgan fingerprint density at radius 3 is 1.49 bits per heavy atom. The third-order valence-corrected chi connectivity index (χ3v) is 10.4. The average molecular weight is 724 g/mol. The molecule has 0 amide bonds. The van der Waals surface area contributed by atoms with Gasteiger partial charge in [0.05, 0.1) is 39.1 Å². The first-order valence-electron chi connectivity index (χ1n) is 18.4. The smallest absolute Gasteiger partial charge is 0.342 e. The molecule has 0 bridgehead atoms. The van der Waals surface area contributed by atoms with Gasteiger partial charge in [0.15, 0.2) is 5.60 Å². The summed E-state index contributed by atoms with van der Waals surface area (Å²) in [5.74, 6) is -1.79. The van der Waals surface area contributed by atoms with Crippen LogP contribution in [0.2, 0.25) is 0 Å². The molecule has 0 aliphatic carbocycles. The Morgan fingerprint density at radius 1 is 0.642 bits per heavy atom. The SMILES string of the molecule is CC(C)(C)[C@]1(C)OC(=O)[C@@](C)([C@@H](N)[C@@H]2O[C@H](COCc3ccccc3)[C@@H](OCc3ccccc3)[C@H](OCc3ccccc3)[C@H]2OCc2ccccc2)O1. The zero-order chi connectivity index (χ0) is 37.5. The number of carbonyl (C=O) groups excluding carboxylic acids is 1. The van der Waals surface area contributed by atoms with Gasteiger partial charge in [-0.05, 0) is 29.2 Å². The van der Waals surface area contributed by atoms with Gasteiger partial charge in [-0.2, -0.15) is 0 Å². The molecule has 2 fully saturated rings. The minimum absolute atomic E-state index is 0.163. The summed E-state index contributed by atoms with van der Waals surface area (Å²) in [6.07, 6.45) is -3.71. The number of nitrogens with two attached hydrogens (primary N) is 1. The van der Waals surface area contributed by atoms with Gasteiger partial charge in [-0.1, -0.05) is 142 Å². The molecule has 0 radical (unpaired) electrons. The first-order chi connectivity index (χ1) is 25.5. The Hall–Kier alpha value is -3.93. The van der Waals surface area contributed by atoms with Crippen LogP contribution in [-0.4, -0.2) is 60.5 Å². The standard InChI is InChI=1S/C44H53NO8/c1-42(2,3)44(5)52-41(46)43(4,53-44)40(45)39-38(50-29-34-24-16-9-17-25-34)37(49-28-33-22-14-8-15-23-33)36(48-27-32-20-12-7-13-21-32)35(51-39)30-47-26-31-18-10-6-11-19-31/h6-25,35-40H,26-30,45H2,1-5H3/t35-,36-,37+,38-,39-,40+,43-,44-/m1/s1.